The van der Waals surface area contributed by atoms with Gasteiger partial charge in [0.15, 0.2) is 0 Å². The fourth-order valence-electron chi connectivity index (χ4n) is 4.05. The van der Waals surface area contributed by atoms with E-state index >= 15 is 0 Å². The van der Waals surface area contributed by atoms with Gasteiger partial charge in [0, 0.05) is 13.2 Å². The van der Waals surface area contributed by atoms with E-state index < -0.39 is 0 Å². The first-order valence-electron chi connectivity index (χ1n) is 8.94. The van der Waals surface area contributed by atoms with Crippen LogP contribution in [0.4, 0.5) is 0 Å². The number of hydrogen-bond acceptors (Lipinski definition) is 3. The highest BCUT2D eigenvalue weighted by molar-refractivity contribution is 5.78. The number of benzene rings is 1. The molecule has 0 radical (unpaired) electrons. The summed E-state index contributed by atoms with van der Waals surface area (Å²) in [4.78, 5) is 14.7. The summed E-state index contributed by atoms with van der Waals surface area (Å²) in [7, 11) is 0. The maximum Gasteiger partial charge on any atom is 0.234 e. The molecule has 1 amide bonds. The maximum atomic E-state index is 12.5. The first-order valence-corrected chi connectivity index (χ1v) is 8.94. The molecule has 2 aliphatic rings. The molecule has 1 heterocycles. The van der Waals surface area contributed by atoms with Crippen molar-refractivity contribution >= 4 is 5.91 Å². The Bertz CT molecular complexity index is 499. The van der Waals surface area contributed by atoms with Crippen LogP contribution in [0.25, 0.3) is 0 Å². The quantitative estimate of drug-likeness (QED) is 0.847. The molecule has 2 unspecified atom stereocenters. The maximum absolute atomic E-state index is 12.5. The first kappa shape index (κ1) is 16.5. The predicted octanol–water partition coefficient (Wildman–Crippen LogP) is 2.35. The Morgan fingerprint density at radius 2 is 1.96 bits per heavy atom. The van der Waals surface area contributed by atoms with Gasteiger partial charge in [-0.3, -0.25) is 9.69 Å². The SMILES string of the molecule is O=C(CN1CCC(CO)C1)NC(c1ccccc1)C1CCCC1. The van der Waals surface area contributed by atoms with Crippen molar-refractivity contribution in [2.45, 2.75) is 38.1 Å². The standard InChI is InChI=1S/C19H28N2O2/c22-14-15-10-11-21(12-15)13-18(23)20-19(17-8-4-5-9-17)16-6-2-1-3-7-16/h1-3,6-7,15,17,19,22H,4-5,8-14H2,(H,20,23). The number of carbonyl (C=O) groups is 1. The second-order valence-electron chi connectivity index (χ2n) is 7.07. The first-order chi connectivity index (χ1) is 11.3. The van der Waals surface area contributed by atoms with Gasteiger partial charge in [-0.25, -0.2) is 0 Å². The van der Waals surface area contributed by atoms with Crippen LogP contribution in [0.2, 0.25) is 0 Å². The summed E-state index contributed by atoms with van der Waals surface area (Å²) in [5.74, 6) is 1.01. The Morgan fingerprint density at radius 1 is 1.22 bits per heavy atom. The number of carbonyl (C=O) groups excluding carboxylic acids is 1. The van der Waals surface area contributed by atoms with Crippen LogP contribution in [0.5, 0.6) is 0 Å². The van der Waals surface area contributed by atoms with Gasteiger partial charge >= 0.3 is 0 Å². The third-order valence-corrected chi connectivity index (χ3v) is 5.34. The van der Waals surface area contributed by atoms with Crippen molar-refractivity contribution in [3.05, 3.63) is 35.9 Å². The van der Waals surface area contributed by atoms with E-state index in [4.69, 9.17) is 0 Å². The average molecular weight is 316 g/mol. The summed E-state index contributed by atoms with van der Waals surface area (Å²) >= 11 is 0. The number of amides is 1. The molecule has 1 saturated carbocycles. The molecule has 4 heteroatoms. The van der Waals surface area contributed by atoms with Crippen molar-refractivity contribution in [3.8, 4) is 0 Å². The highest BCUT2D eigenvalue weighted by atomic mass is 16.3. The van der Waals surface area contributed by atoms with E-state index in [2.05, 4.69) is 34.5 Å². The Morgan fingerprint density at radius 3 is 2.61 bits per heavy atom. The van der Waals surface area contributed by atoms with E-state index in [-0.39, 0.29) is 18.6 Å². The van der Waals surface area contributed by atoms with Gasteiger partial charge in [-0.1, -0.05) is 43.2 Å². The summed E-state index contributed by atoms with van der Waals surface area (Å²) in [5, 5.41) is 12.5. The van der Waals surface area contributed by atoms with Crippen molar-refractivity contribution in [1.29, 1.82) is 0 Å². The van der Waals surface area contributed by atoms with E-state index in [9.17, 15) is 9.90 Å². The monoisotopic (exact) mass is 316 g/mol. The van der Waals surface area contributed by atoms with Crippen LogP contribution in [-0.2, 0) is 4.79 Å². The minimum absolute atomic E-state index is 0.115. The fourth-order valence-corrected chi connectivity index (χ4v) is 4.05. The Hall–Kier alpha value is -1.39. The van der Waals surface area contributed by atoms with Crippen molar-refractivity contribution < 1.29 is 9.90 Å². The van der Waals surface area contributed by atoms with Gasteiger partial charge in [0.25, 0.3) is 0 Å². The minimum atomic E-state index is 0.115. The Labute approximate surface area is 138 Å². The Kier molecular flexibility index (Phi) is 5.68. The lowest BCUT2D eigenvalue weighted by atomic mass is 9.91. The van der Waals surface area contributed by atoms with Gasteiger partial charge in [0.05, 0.1) is 12.6 Å². The predicted molar refractivity (Wildman–Crippen MR) is 90.9 cm³/mol. The third-order valence-electron chi connectivity index (χ3n) is 5.34. The molecule has 4 nitrogen and oxygen atoms in total. The van der Waals surface area contributed by atoms with E-state index in [0.29, 0.717) is 18.4 Å². The summed E-state index contributed by atoms with van der Waals surface area (Å²) in [6, 6.07) is 10.5. The second-order valence-corrected chi connectivity index (χ2v) is 7.07. The van der Waals surface area contributed by atoms with E-state index in [1.165, 1.54) is 31.2 Å². The largest absolute Gasteiger partial charge is 0.396 e. The van der Waals surface area contributed by atoms with Gasteiger partial charge in [-0.05, 0) is 43.2 Å². The van der Waals surface area contributed by atoms with E-state index in [1.54, 1.807) is 0 Å². The summed E-state index contributed by atoms with van der Waals surface area (Å²) in [6.07, 6.45) is 5.95. The molecule has 1 aromatic carbocycles. The number of rotatable bonds is 6. The van der Waals surface area contributed by atoms with Gasteiger partial charge in [0.2, 0.25) is 5.91 Å². The normalized spacial score (nSPS) is 24.0. The molecule has 1 aliphatic carbocycles. The number of hydrogen-bond donors (Lipinski definition) is 2. The lowest BCUT2D eigenvalue weighted by Gasteiger charge is -2.26. The lowest BCUT2D eigenvalue weighted by molar-refractivity contribution is -0.123. The van der Waals surface area contributed by atoms with Crippen molar-refractivity contribution in [3.63, 3.8) is 0 Å². The molecule has 2 N–H and O–H groups in total. The van der Waals surface area contributed by atoms with Gasteiger partial charge in [-0.15, -0.1) is 0 Å². The molecular formula is C19H28N2O2. The van der Waals surface area contributed by atoms with Crippen molar-refractivity contribution in [1.82, 2.24) is 10.2 Å². The molecular weight excluding hydrogens is 288 g/mol. The zero-order valence-corrected chi connectivity index (χ0v) is 13.8. The highest BCUT2D eigenvalue weighted by Crippen LogP contribution is 2.35. The zero-order valence-electron chi connectivity index (χ0n) is 13.8. The molecule has 2 fully saturated rings. The van der Waals surface area contributed by atoms with Crippen LogP contribution in [0.3, 0.4) is 0 Å². The molecule has 1 aromatic rings. The lowest BCUT2D eigenvalue weighted by Crippen LogP contribution is -2.40. The average Bonchev–Trinajstić information content (AvgIpc) is 3.25. The zero-order chi connectivity index (χ0) is 16.1. The van der Waals surface area contributed by atoms with Crippen LogP contribution in [0, 0.1) is 11.8 Å². The molecule has 0 bridgehead atoms. The third kappa shape index (κ3) is 4.33. The van der Waals surface area contributed by atoms with Gasteiger partial charge in [-0.2, -0.15) is 0 Å². The number of nitrogens with zero attached hydrogens (tertiary/aromatic N) is 1. The summed E-state index contributed by atoms with van der Waals surface area (Å²) < 4.78 is 0. The van der Waals surface area contributed by atoms with Crippen LogP contribution >= 0.6 is 0 Å². The minimum Gasteiger partial charge on any atom is -0.396 e. The number of aliphatic hydroxyl groups excluding tert-OH is 1. The van der Waals surface area contributed by atoms with E-state index in [1.807, 2.05) is 6.07 Å². The fraction of sp³-hybridized carbons (Fsp3) is 0.632. The molecule has 1 aliphatic heterocycles. The van der Waals surface area contributed by atoms with Crippen LogP contribution in [-0.4, -0.2) is 42.2 Å². The molecule has 0 aromatic heterocycles. The number of likely N-dealkylation sites (tertiary alicyclic amines) is 1. The van der Waals surface area contributed by atoms with Crippen molar-refractivity contribution in [2.75, 3.05) is 26.2 Å². The number of nitrogens with one attached hydrogen (secondary N) is 1. The highest BCUT2D eigenvalue weighted by Gasteiger charge is 2.29. The smallest absolute Gasteiger partial charge is 0.234 e. The molecule has 3 rings (SSSR count). The van der Waals surface area contributed by atoms with Crippen LogP contribution in [0.15, 0.2) is 30.3 Å². The molecule has 1 saturated heterocycles. The molecule has 2 atom stereocenters. The topological polar surface area (TPSA) is 52.6 Å². The number of aliphatic hydroxyl groups is 1. The summed E-state index contributed by atoms with van der Waals surface area (Å²) in [6.45, 7) is 2.43. The Balaban J connectivity index is 1.60. The van der Waals surface area contributed by atoms with Crippen molar-refractivity contribution in [2.24, 2.45) is 11.8 Å². The molecule has 126 valence electrons. The van der Waals surface area contributed by atoms with Crippen LogP contribution in [0.1, 0.15) is 43.7 Å². The molecule has 0 spiro atoms. The molecule has 23 heavy (non-hydrogen) atoms. The van der Waals surface area contributed by atoms with Gasteiger partial charge in [0.1, 0.15) is 0 Å². The summed E-state index contributed by atoms with van der Waals surface area (Å²) in [5.41, 5.74) is 1.22. The van der Waals surface area contributed by atoms with Crippen LogP contribution < -0.4 is 5.32 Å². The van der Waals surface area contributed by atoms with E-state index in [0.717, 1.165) is 19.5 Å². The van der Waals surface area contributed by atoms with Gasteiger partial charge < -0.3 is 10.4 Å². The second kappa shape index (κ2) is 7.93.